The van der Waals surface area contributed by atoms with E-state index in [4.69, 9.17) is 4.74 Å². The van der Waals surface area contributed by atoms with Crippen LogP contribution in [0.2, 0.25) is 0 Å². The number of carbonyl (C=O) groups is 1. The van der Waals surface area contributed by atoms with Gasteiger partial charge in [0.1, 0.15) is 23.3 Å². The number of carbonyl (C=O) groups excluding carboxylic acids is 1. The molecule has 0 fully saturated rings. The van der Waals surface area contributed by atoms with Crippen molar-refractivity contribution >= 4 is 17.2 Å². The fraction of sp³-hybridized carbons (Fsp3) is 0.333. The summed E-state index contributed by atoms with van der Waals surface area (Å²) in [4.78, 5) is 20.3. The van der Waals surface area contributed by atoms with Crippen molar-refractivity contribution < 1.29 is 22.7 Å². The smallest absolute Gasteiger partial charge is 0.313 e. The Kier molecular flexibility index (Phi) is 5.00. The van der Waals surface area contributed by atoms with Crippen LogP contribution in [0.1, 0.15) is 49.3 Å². The molecule has 0 aromatic carbocycles. The predicted molar refractivity (Wildman–Crippen MR) is 94.4 cm³/mol. The van der Waals surface area contributed by atoms with Crippen LogP contribution in [0.3, 0.4) is 0 Å². The Hall–Kier alpha value is -3.48. The molecule has 0 aliphatic rings. The van der Waals surface area contributed by atoms with Gasteiger partial charge in [-0.3, -0.25) is 4.79 Å². The normalized spacial score (nSPS) is 11.6. The number of pyridine rings is 1. The minimum atomic E-state index is -2.91. The number of oxazole rings is 1. The second kappa shape index (κ2) is 7.26. The van der Waals surface area contributed by atoms with E-state index in [1.807, 2.05) is 0 Å². The Labute approximate surface area is 158 Å². The molecule has 0 radical (unpaired) electrons. The summed E-state index contributed by atoms with van der Waals surface area (Å²) < 4.78 is 37.0. The van der Waals surface area contributed by atoms with Crippen molar-refractivity contribution in [3.63, 3.8) is 0 Å². The van der Waals surface area contributed by atoms with Gasteiger partial charge in [0.25, 0.3) is 11.8 Å². The molecular weight excluding hydrogens is 372 g/mol. The summed E-state index contributed by atoms with van der Waals surface area (Å²) in [6.45, 7) is 5.59. The molecule has 3 aromatic rings. The summed E-state index contributed by atoms with van der Waals surface area (Å²) in [5.41, 5.74) is 0.294. The maximum absolute atomic E-state index is 12.6. The van der Waals surface area contributed by atoms with Gasteiger partial charge in [-0.25, -0.2) is 9.97 Å². The molecule has 8 nitrogen and oxygen atoms in total. The number of alkyl halides is 2. The van der Waals surface area contributed by atoms with E-state index < -0.39 is 23.6 Å². The zero-order chi connectivity index (χ0) is 20.5. The average molecular weight is 389 g/mol. The van der Waals surface area contributed by atoms with Crippen molar-refractivity contribution in [3.8, 4) is 11.8 Å². The number of hydrogen-bond donors (Lipinski definition) is 1. The van der Waals surface area contributed by atoms with E-state index in [1.54, 1.807) is 43.6 Å². The number of aromatic nitrogens is 3. The van der Waals surface area contributed by atoms with Gasteiger partial charge < -0.3 is 18.9 Å². The van der Waals surface area contributed by atoms with E-state index in [0.717, 1.165) is 6.26 Å². The molecule has 1 amide bonds. The number of imidazole rings is 1. The third-order valence-corrected chi connectivity index (χ3v) is 3.96. The first kappa shape index (κ1) is 19.3. The first-order valence-corrected chi connectivity index (χ1v) is 8.37. The number of ether oxygens (including phenoxy) is 1. The first-order valence-electron chi connectivity index (χ1n) is 8.37. The molecule has 0 saturated heterocycles. The predicted octanol–water partition coefficient (Wildman–Crippen LogP) is 3.71. The molecule has 0 bridgehead atoms. The van der Waals surface area contributed by atoms with Crippen molar-refractivity contribution in [2.45, 2.75) is 32.6 Å². The lowest BCUT2D eigenvalue weighted by molar-refractivity contribution is 0.102. The molecule has 10 heteroatoms. The summed E-state index contributed by atoms with van der Waals surface area (Å²) in [5, 5.41) is 11.9. The SMILES string of the molecule is CCOc1cc2nc(C(C)(C)C#N)cn2cc1NC(=O)c1coc(C(F)F)n1. The number of hydrogen-bond acceptors (Lipinski definition) is 6. The van der Waals surface area contributed by atoms with Crippen LogP contribution in [-0.4, -0.2) is 26.9 Å². The summed E-state index contributed by atoms with van der Waals surface area (Å²) in [5.74, 6) is -1.22. The zero-order valence-electron chi connectivity index (χ0n) is 15.4. The Balaban J connectivity index is 1.97. The average Bonchev–Trinajstić information content (AvgIpc) is 3.29. The van der Waals surface area contributed by atoms with Crippen LogP contribution in [0, 0.1) is 11.3 Å². The van der Waals surface area contributed by atoms with Crippen LogP contribution in [0.25, 0.3) is 5.65 Å². The van der Waals surface area contributed by atoms with Crippen molar-refractivity contribution in [1.82, 2.24) is 14.4 Å². The van der Waals surface area contributed by atoms with Gasteiger partial charge in [0, 0.05) is 18.5 Å². The highest BCUT2D eigenvalue weighted by molar-refractivity contribution is 6.03. The number of nitrogens with one attached hydrogen (secondary N) is 1. The van der Waals surface area contributed by atoms with Crippen LogP contribution in [0.4, 0.5) is 14.5 Å². The summed E-state index contributed by atoms with van der Waals surface area (Å²) in [6, 6.07) is 3.80. The highest BCUT2D eigenvalue weighted by Crippen LogP contribution is 2.29. The lowest BCUT2D eigenvalue weighted by atomic mass is 9.92. The van der Waals surface area contributed by atoms with Crippen molar-refractivity contribution in [2.75, 3.05) is 11.9 Å². The molecule has 0 saturated carbocycles. The monoisotopic (exact) mass is 389 g/mol. The standard InChI is InChI=1S/C18H17F2N5O3/c1-4-27-12-5-14-24-13(18(2,3)9-21)7-25(14)6-10(12)22-16(26)11-8-28-17(23-11)15(19)20/h5-8,15H,4H2,1-3H3,(H,22,26). The number of halogens is 2. The molecule has 0 unspecified atom stereocenters. The molecule has 0 atom stereocenters. The largest absolute Gasteiger partial charge is 0.491 e. The van der Waals surface area contributed by atoms with Crippen LogP contribution >= 0.6 is 0 Å². The van der Waals surface area contributed by atoms with Crippen LogP contribution < -0.4 is 10.1 Å². The number of nitrogens with zero attached hydrogens (tertiary/aromatic N) is 4. The fourth-order valence-corrected chi connectivity index (χ4v) is 2.42. The van der Waals surface area contributed by atoms with E-state index in [-0.39, 0.29) is 5.69 Å². The van der Waals surface area contributed by atoms with E-state index in [1.165, 1.54) is 0 Å². The molecule has 1 N–H and O–H groups in total. The second-order valence-corrected chi connectivity index (χ2v) is 6.44. The van der Waals surface area contributed by atoms with E-state index in [2.05, 4.69) is 25.8 Å². The number of anilines is 1. The molecule has 0 aliphatic carbocycles. The van der Waals surface area contributed by atoms with Gasteiger partial charge in [-0.15, -0.1) is 0 Å². The minimum absolute atomic E-state index is 0.283. The lowest BCUT2D eigenvalue weighted by Gasteiger charge is -2.11. The zero-order valence-corrected chi connectivity index (χ0v) is 15.4. The van der Waals surface area contributed by atoms with Gasteiger partial charge in [-0.1, -0.05) is 0 Å². The van der Waals surface area contributed by atoms with Gasteiger partial charge in [0.15, 0.2) is 5.69 Å². The van der Waals surface area contributed by atoms with E-state index in [9.17, 15) is 18.8 Å². The molecule has 0 spiro atoms. The summed E-state index contributed by atoms with van der Waals surface area (Å²) in [7, 11) is 0. The van der Waals surface area contributed by atoms with Crippen LogP contribution in [0.15, 0.2) is 29.1 Å². The number of rotatable bonds is 6. The Bertz CT molecular complexity index is 1070. The van der Waals surface area contributed by atoms with Crippen molar-refractivity contribution in [1.29, 1.82) is 5.26 Å². The number of nitriles is 1. The van der Waals surface area contributed by atoms with Gasteiger partial charge in [0.2, 0.25) is 0 Å². The van der Waals surface area contributed by atoms with Crippen LogP contribution in [-0.2, 0) is 5.41 Å². The maximum Gasteiger partial charge on any atom is 0.313 e. The lowest BCUT2D eigenvalue weighted by Crippen LogP contribution is -2.14. The van der Waals surface area contributed by atoms with Crippen LogP contribution in [0.5, 0.6) is 5.75 Å². The van der Waals surface area contributed by atoms with Crippen molar-refractivity contribution in [3.05, 3.63) is 42.0 Å². The topological polar surface area (TPSA) is 105 Å². The Morgan fingerprint density at radius 1 is 1.43 bits per heavy atom. The Morgan fingerprint density at radius 3 is 2.79 bits per heavy atom. The number of fused-ring (bicyclic) bond motifs is 1. The quantitative estimate of drug-likeness (QED) is 0.689. The molecule has 28 heavy (non-hydrogen) atoms. The summed E-state index contributed by atoms with van der Waals surface area (Å²) in [6.07, 6.45) is 1.19. The van der Waals surface area contributed by atoms with Gasteiger partial charge in [-0.2, -0.15) is 14.0 Å². The highest BCUT2D eigenvalue weighted by atomic mass is 19.3. The molecule has 3 rings (SSSR count). The minimum Gasteiger partial charge on any atom is -0.491 e. The second-order valence-electron chi connectivity index (χ2n) is 6.44. The van der Waals surface area contributed by atoms with Gasteiger partial charge >= 0.3 is 6.43 Å². The Morgan fingerprint density at radius 2 is 2.18 bits per heavy atom. The summed E-state index contributed by atoms with van der Waals surface area (Å²) >= 11 is 0. The first-order chi connectivity index (χ1) is 13.2. The molecular formula is C18H17F2N5O3. The third kappa shape index (κ3) is 3.64. The third-order valence-electron chi connectivity index (χ3n) is 3.96. The van der Waals surface area contributed by atoms with Gasteiger partial charge in [0.05, 0.1) is 23.8 Å². The molecule has 3 heterocycles. The van der Waals surface area contributed by atoms with E-state index in [0.29, 0.717) is 29.4 Å². The van der Waals surface area contributed by atoms with Crippen molar-refractivity contribution in [2.24, 2.45) is 0 Å². The fourth-order valence-electron chi connectivity index (χ4n) is 2.42. The molecule has 3 aromatic heterocycles. The highest BCUT2D eigenvalue weighted by Gasteiger charge is 2.24. The van der Waals surface area contributed by atoms with Gasteiger partial charge in [-0.05, 0) is 20.8 Å². The maximum atomic E-state index is 12.6. The molecule has 146 valence electrons. The van der Waals surface area contributed by atoms with E-state index >= 15 is 0 Å². The number of amides is 1. The molecule has 0 aliphatic heterocycles.